The lowest BCUT2D eigenvalue weighted by atomic mass is 9.71. The molecule has 33 heavy (non-hydrogen) atoms. The Morgan fingerprint density at radius 2 is 1.91 bits per heavy atom. The third kappa shape index (κ3) is 3.98. The van der Waals surface area contributed by atoms with E-state index in [0.29, 0.717) is 23.8 Å². The largest absolute Gasteiger partial charge is 0.454 e. The minimum absolute atomic E-state index is 0.0615. The summed E-state index contributed by atoms with van der Waals surface area (Å²) in [5, 5.41) is 3.96. The molecule has 1 saturated heterocycles. The second kappa shape index (κ2) is 9.16. The first-order chi connectivity index (χ1) is 16.1. The van der Waals surface area contributed by atoms with Crippen LogP contribution in [0.15, 0.2) is 36.4 Å². The number of halogens is 1. The van der Waals surface area contributed by atoms with Gasteiger partial charge in [-0.2, -0.15) is 0 Å². The summed E-state index contributed by atoms with van der Waals surface area (Å²) in [6.45, 7) is 7.41. The summed E-state index contributed by atoms with van der Waals surface area (Å²) in [5.74, 6) is 1.54. The molecular formula is C26H31ClN2O4. The van der Waals surface area contributed by atoms with E-state index in [1.54, 1.807) is 0 Å². The number of amides is 1. The van der Waals surface area contributed by atoms with E-state index in [1.807, 2.05) is 26.0 Å². The van der Waals surface area contributed by atoms with Gasteiger partial charge in [0.15, 0.2) is 11.5 Å². The van der Waals surface area contributed by atoms with Crippen LogP contribution in [0.25, 0.3) is 0 Å². The van der Waals surface area contributed by atoms with Crippen LogP contribution < -0.4 is 14.8 Å². The molecule has 1 aliphatic carbocycles. The van der Waals surface area contributed by atoms with Crippen LogP contribution in [0.1, 0.15) is 55.8 Å². The van der Waals surface area contributed by atoms with Gasteiger partial charge in [0.25, 0.3) is 0 Å². The zero-order valence-electron chi connectivity index (χ0n) is 19.2. The van der Waals surface area contributed by atoms with E-state index >= 15 is 0 Å². The highest BCUT2D eigenvalue weighted by Gasteiger charge is 2.54. The molecule has 0 bridgehead atoms. The molecule has 0 saturated carbocycles. The Hall–Kier alpha value is -2.28. The molecule has 2 atom stereocenters. The van der Waals surface area contributed by atoms with Gasteiger partial charge in [0.05, 0.1) is 12.1 Å². The van der Waals surface area contributed by atoms with Crippen molar-refractivity contribution in [2.75, 3.05) is 26.5 Å². The Bertz CT molecular complexity index is 1030. The molecule has 176 valence electrons. The summed E-state index contributed by atoms with van der Waals surface area (Å²) in [6, 6.07) is 12.3. The second-order valence-corrected chi connectivity index (χ2v) is 9.50. The van der Waals surface area contributed by atoms with Crippen molar-refractivity contribution in [3.8, 4) is 11.5 Å². The molecule has 2 heterocycles. The molecule has 7 heteroatoms. The van der Waals surface area contributed by atoms with Crippen molar-refractivity contribution in [1.82, 2.24) is 10.2 Å². The summed E-state index contributed by atoms with van der Waals surface area (Å²) < 4.78 is 17.4. The summed E-state index contributed by atoms with van der Waals surface area (Å²) in [6.07, 6.45) is 2.34. The maximum atomic E-state index is 12.4. The number of fused-ring (bicyclic) bond motifs is 3. The predicted molar refractivity (Wildman–Crippen MR) is 127 cm³/mol. The summed E-state index contributed by atoms with van der Waals surface area (Å²) >= 11 is 6.54. The van der Waals surface area contributed by atoms with E-state index in [9.17, 15) is 4.79 Å². The number of ether oxygens (including phenoxy) is 3. The van der Waals surface area contributed by atoms with E-state index in [1.165, 1.54) is 11.1 Å². The minimum atomic E-state index is -0.108. The van der Waals surface area contributed by atoms with Crippen molar-refractivity contribution in [3.05, 3.63) is 58.1 Å². The fourth-order valence-corrected chi connectivity index (χ4v) is 5.92. The zero-order valence-corrected chi connectivity index (χ0v) is 20.0. The SMILES string of the molecule is CCO[C@H]1[C@H](NC(=O)CC)c2ccccc2C12CCN(Cc1cc3c(cc1Cl)OCO3)CC2. The van der Waals surface area contributed by atoms with Crippen LogP contribution in [0.2, 0.25) is 5.02 Å². The number of benzene rings is 2. The second-order valence-electron chi connectivity index (χ2n) is 9.09. The lowest BCUT2D eigenvalue weighted by Gasteiger charge is -2.44. The Morgan fingerprint density at radius 3 is 2.64 bits per heavy atom. The molecule has 0 radical (unpaired) electrons. The number of hydrogen-bond acceptors (Lipinski definition) is 5. The number of nitrogens with zero attached hydrogens (tertiary/aromatic N) is 1. The van der Waals surface area contributed by atoms with Gasteiger partial charge in [-0.25, -0.2) is 0 Å². The number of likely N-dealkylation sites (tertiary alicyclic amines) is 1. The fourth-order valence-electron chi connectivity index (χ4n) is 5.71. The number of hydrogen-bond donors (Lipinski definition) is 1. The van der Waals surface area contributed by atoms with E-state index in [4.69, 9.17) is 25.8 Å². The van der Waals surface area contributed by atoms with Crippen molar-refractivity contribution in [3.63, 3.8) is 0 Å². The molecule has 1 fully saturated rings. The summed E-state index contributed by atoms with van der Waals surface area (Å²) in [4.78, 5) is 14.8. The molecule has 5 rings (SSSR count). The summed E-state index contributed by atoms with van der Waals surface area (Å²) in [5.41, 5.74) is 3.47. The van der Waals surface area contributed by atoms with Gasteiger partial charge in [0.2, 0.25) is 12.7 Å². The van der Waals surface area contributed by atoms with Gasteiger partial charge in [-0.15, -0.1) is 0 Å². The molecule has 1 amide bonds. The number of nitrogens with one attached hydrogen (secondary N) is 1. The average Bonchev–Trinajstić information content (AvgIpc) is 3.37. The first-order valence-corrected chi connectivity index (χ1v) is 12.2. The third-order valence-corrected chi connectivity index (χ3v) is 7.70. The number of piperidine rings is 1. The number of carbonyl (C=O) groups is 1. The highest BCUT2D eigenvalue weighted by Crippen LogP contribution is 2.52. The van der Waals surface area contributed by atoms with Gasteiger partial charge in [-0.3, -0.25) is 9.69 Å². The van der Waals surface area contributed by atoms with Gasteiger partial charge >= 0.3 is 0 Å². The quantitative estimate of drug-likeness (QED) is 0.669. The normalized spacial score (nSPS) is 23.0. The maximum Gasteiger partial charge on any atom is 0.231 e. The minimum Gasteiger partial charge on any atom is -0.454 e. The maximum absolute atomic E-state index is 12.4. The van der Waals surface area contributed by atoms with Crippen LogP contribution in [-0.4, -0.2) is 43.4 Å². The van der Waals surface area contributed by atoms with Crippen LogP contribution in [0.5, 0.6) is 11.5 Å². The van der Waals surface area contributed by atoms with Gasteiger partial charge in [-0.1, -0.05) is 42.8 Å². The lowest BCUT2D eigenvalue weighted by molar-refractivity contribution is -0.123. The lowest BCUT2D eigenvalue weighted by Crippen LogP contribution is -2.50. The predicted octanol–water partition coefficient (Wildman–Crippen LogP) is 4.59. The van der Waals surface area contributed by atoms with Gasteiger partial charge < -0.3 is 19.5 Å². The Labute approximate surface area is 200 Å². The third-order valence-electron chi connectivity index (χ3n) is 7.35. The molecule has 1 N–H and O–H groups in total. The smallest absolute Gasteiger partial charge is 0.231 e. The molecule has 6 nitrogen and oxygen atoms in total. The van der Waals surface area contributed by atoms with Crippen LogP contribution in [0.3, 0.4) is 0 Å². The first kappa shape index (κ1) is 22.5. The highest BCUT2D eigenvalue weighted by molar-refractivity contribution is 6.31. The molecule has 2 aromatic carbocycles. The van der Waals surface area contributed by atoms with E-state index in [0.717, 1.165) is 43.8 Å². The number of carbonyl (C=O) groups excluding carboxylic acids is 1. The molecule has 0 aromatic heterocycles. The molecule has 2 aromatic rings. The first-order valence-electron chi connectivity index (χ1n) is 11.9. The highest BCUT2D eigenvalue weighted by atomic mass is 35.5. The Balaban J connectivity index is 1.37. The standard InChI is InChI=1S/C26H31ClN2O4/c1-3-23(30)28-24-18-7-5-6-8-19(18)26(25(24)31-4-2)9-11-29(12-10-26)15-17-13-21-22(14-20(17)27)33-16-32-21/h5-8,13-14,24-25H,3-4,9-12,15-16H2,1-2H3,(H,28,30)/t24-,25+/m1/s1. The average molecular weight is 471 g/mol. The van der Waals surface area contributed by atoms with Crippen molar-refractivity contribution < 1.29 is 19.0 Å². The molecular weight excluding hydrogens is 440 g/mol. The number of rotatable bonds is 6. The molecule has 2 aliphatic heterocycles. The van der Waals surface area contributed by atoms with Crippen LogP contribution in [-0.2, 0) is 21.5 Å². The molecule has 0 unspecified atom stereocenters. The summed E-state index contributed by atoms with van der Waals surface area (Å²) in [7, 11) is 0. The van der Waals surface area contributed by atoms with Gasteiger partial charge in [0, 0.05) is 36.1 Å². The topological polar surface area (TPSA) is 60.0 Å². The molecule has 1 spiro atoms. The van der Waals surface area contributed by atoms with Crippen LogP contribution in [0.4, 0.5) is 0 Å². The van der Waals surface area contributed by atoms with Gasteiger partial charge in [-0.05, 0) is 55.6 Å². The Kier molecular flexibility index (Phi) is 6.25. The zero-order chi connectivity index (χ0) is 23.0. The Morgan fingerprint density at radius 1 is 1.18 bits per heavy atom. The van der Waals surface area contributed by atoms with Crippen LogP contribution >= 0.6 is 11.6 Å². The van der Waals surface area contributed by atoms with E-state index < -0.39 is 0 Å². The van der Waals surface area contributed by atoms with Crippen molar-refractivity contribution in [2.45, 2.75) is 57.2 Å². The van der Waals surface area contributed by atoms with E-state index in [2.05, 4.69) is 34.5 Å². The molecule has 3 aliphatic rings. The van der Waals surface area contributed by atoms with Gasteiger partial charge in [0.1, 0.15) is 0 Å². The van der Waals surface area contributed by atoms with E-state index in [-0.39, 0.29) is 30.3 Å². The van der Waals surface area contributed by atoms with Crippen LogP contribution in [0, 0.1) is 0 Å². The van der Waals surface area contributed by atoms with Crippen molar-refractivity contribution >= 4 is 17.5 Å². The van der Waals surface area contributed by atoms with Crippen molar-refractivity contribution in [1.29, 1.82) is 0 Å². The fraction of sp³-hybridized carbons (Fsp3) is 0.500. The van der Waals surface area contributed by atoms with Crippen molar-refractivity contribution in [2.24, 2.45) is 0 Å². The monoisotopic (exact) mass is 470 g/mol.